The third kappa shape index (κ3) is 4.81. The predicted molar refractivity (Wildman–Crippen MR) is 108 cm³/mol. The Kier molecular flexibility index (Phi) is 6.08. The lowest BCUT2D eigenvalue weighted by molar-refractivity contribution is 0.0948. The first-order valence-corrected chi connectivity index (χ1v) is 10.2. The second kappa shape index (κ2) is 8.17. The van der Waals surface area contributed by atoms with Crippen LogP contribution in [0.15, 0.2) is 29.4 Å². The summed E-state index contributed by atoms with van der Waals surface area (Å²) in [6, 6.07) is 4.97. The number of ether oxygens (including phenoxy) is 2. The molecule has 1 amide bonds. The number of hydrogen-bond acceptors (Lipinski definition) is 4. The van der Waals surface area contributed by atoms with Gasteiger partial charge < -0.3 is 14.0 Å². The molecule has 0 N–H and O–H groups in total. The van der Waals surface area contributed by atoms with Crippen molar-refractivity contribution in [3.8, 4) is 5.75 Å². The third-order valence-corrected chi connectivity index (χ3v) is 6.15. The van der Waals surface area contributed by atoms with Gasteiger partial charge >= 0.3 is 0 Å². The first-order valence-electron chi connectivity index (χ1n) is 9.03. The number of halogens is 1. The van der Waals surface area contributed by atoms with E-state index in [1.807, 2.05) is 4.57 Å². The fourth-order valence-corrected chi connectivity index (χ4v) is 4.17. The van der Waals surface area contributed by atoms with Crippen LogP contribution in [-0.2, 0) is 16.7 Å². The predicted octanol–water partition coefficient (Wildman–Crippen LogP) is 4.43. The Morgan fingerprint density at radius 2 is 2.22 bits per heavy atom. The van der Waals surface area contributed by atoms with Crippen LogP contribution in [-0.4, -0.2) is 30.3 Å². The average Bonchev–Trinajstić information content (AvgIpc) is 3.25. The van der Waals surface area contributed by atoms with Crippen molar-refractivity contribution in [1.29, 1.82) is 0 Å². The molecule has 2 aromatic rings. The minimum atomic E-state index is -0.363. The van der Waals surface area contributed by atoms with Gasteiger partial charge in [-0.1, -0.05) is 32.4 Å². The van der Waals surface area contributed by atoms with E-state index >= 15 is 0 Å². The van der Waals surface area contributed by atoms with Crippen molar-refractivity contribution in [3.63, 3.8) is 0 Å². The number of amides is 1. The molecule has 1 aliphatic heterocycles. The Balaban J connectivity index is 2.02. The number of rotatable bonds is 4. The van der Waals surface area contributed by atoms with Crippen molar-refractivity contribution in [3.05, 3.63) is 44.7 Å². The number of nitrogens with zero attached hydrogens (tertiary/aromatic N) is 2. The summed E-state index contributed by atoms with van der Waals surface area (Å²) in [5, 5.41) is 0.475. The van der Waals surface area contributed by atoms with E-state index < -0.39 is 0 Å². The first-order chi connectivity index (χ1) is 12.8. The number of thiazole rings is 1. The maximum absolute atomic E-state index is 12.9. The smallest absolute Gasteiger partial charge is 0.283 e. The normalized spacial score (nSPS) is 18.1. The van der Waals surface area contributed by atoms with E-state index in [-0.39, 0.29) is 17.4 Å². The summed E-state index contributed by atoms with van der Waals surface area (Å²) in [6.07, 6.45) is 4.37. The van der Waals surface area contributed by atoms with Gasteiger partial charge in [0.2, 0.25) is 0 Å². The topological polar surface area (TPSA) is 52.8 Å². The van der Waals surface area contributed by atoms with E-state index in [9.17, 15) is 4.79 Å². The molecule has 1 aromatic heterocycles. The van der Waals surface area contributed by atoms with Gasteiger partial charge in [-0.2, -0.15) is 4.99 Å². The second-order valence-electron chi connectivity index (χ2n) is 7.68. The van der Waals surface area contributed by atoms with Gasteiger partial charge in [-0.05, 0) is 36.5 Å². The largest absolute Gasteiger partial charge is 0.496 e. The Morgan fingerprint density at radius 1 is 1.44 bits per heavy atom. The highest BCUT2D eigenvalue weighted by Gasteiger charge is 2.22. The molecule has 1 saturated heterocycles. The highest BCUT2D eigenvalue weighted by molar-refractivity contribution is 7.09. The van der Waals surface area contributed by atoms with Crippen LogP contribution in [0.1, 0.15) is 48.8 Å². The fourth-order valence-electron chi connectivity index (χ4n) is 2.95. The van der Waals surface area contributed by atoms with Gasteiger partial charge in [0.05, 0.1) is 25.3 Å². The van der Waals surface area contributed by atoms with E-state index in [0.717, 1.165) is 19.4 Å². The van der Waals surface area contributed by atoms with Gasteiger partial charge in [0, 0.05) is 22.7 Å². The van der Waals surface area contributed by atoms with Gasteiger partial charge in [0.15, 0.2) is 4.80 Å². The molecule has 3 rings (SSSR count). The zero-order chi connectivity index (χ0) is 19.6. The van der Waals surface area contributed by atoms with E-state index in [0.29, 0.717) is 27.7 Å². The highest BCUT2D eigenvalue weighted by Crippen LogP contribution is 2.26. The molecule has 0 radical (unpaired) electrons. The summed E-state index contributed by atoms with van der Waals surface area (Å²) >= 11 is 7.60. The molecule has 2 heterocycles. The van der Waals surface area contributed by atoms with Crippen LogP contribution in [0.25, 0.3) is 0 Å². The number of carbonyl (C=O) groups is 1. The van der Waals surface area contributed by atoms with Crippen molar-refractivity contribution in [2.45, 2.75) is 51.7 Å². The van der Waals surface area contributed by atoms with E-state index in [1.165, 1.54) is 23.3 Å². The lowest BCUT2D eigenvalue weighted by atomic mass is 9.95. The molecule has 0 spiro atoms. The standard InChI is InChI=1S/C20H25ClN2O3S/c1-20(2,3)17-12-23(11-14-6-5-9-26-14)19(27-17)22-18(24)15-10-13(21)7-8-16(15)25-4/h7-8,10,12,14H,5-6,9,11H2,1-4H3/b22-19-/t14-/m0/s1. The SMILES string of the molecule is COc1ccc(Cl)cc1C(=O)/N=c1\sc(C(C)(C)C)cn1C[C@@H]1CCCO1. The second-order valence-corrected chi connectivity index (χ2v) is 9.12. The summed E-state index contributed by atoms with van der Waals surface area (Å²) in [6.45, 7) is 7.96. The fraction of sp³-hybridized carbons (Fsp3) is 0.500. The summed E-state index contributed by atoms with van der Waals surface area (Å²) in [7, 11) is 1.53. The monoisotopic (exact) mass is 408 g/mol. The van der Waals surface area contributed by atoms with Crippen LogP contribution in [0.2, 0.25) is 5.02 Å². The third-order valence-electron chi connectivity index (χ3n) is 4.47. The molecular weight excluding hydrogens is 384 g/mol. The zero-order valence-electron chi connectivity index (χ0n) is 16.1. The van der Waals surface area contributed by atoms with Crippen LogP contribution in [0.5, 0.6) is 5.75 Å². The summed E-state index contributed by atoms with van der Waals surface area (Å²) in [5.41, 5.74) is 0.340. The van der Waals surface area contributed by atoms with Crippen molar-refractivity contribution in [2.75, 3.05) is 13.7 Å². The van der Waals surface area contributed by atoms with Gasteiger partial charge in [0.25, 0.3) is 5.91 Å². The minimum absolute atomic E-state index is 0.0203. The molecule has 1 fully saturated rings. The molecule has 27 heavy (non-hydrogen) atoms. The number of benzene rings is 1. The molecular formula is C20H25ClN2O3S. The van der Waals surface area contributed by atoms with Gasteiger partial charge in [0.1, 0.15) is 5.75 Å². The number of carbonyl (C=O) groups excluding carboxylic acids is 1. The molecule has 7 heteroatoms. The Labute approximate surface area is 168 Å². The van der Waals surface area contributed by atoms with Crippen LogP contribution in [0, 0.1) is 0 Å². The lowest BCUT2D eigenvalue weighted by Gasteiger charge is -2.15. The Morgan fingerprint density at radius 3 is 2.85 bits per heavy atom. The van der Waals surface area contributed by atoms with E-state index in [4.69, 9.17) is 21.1 Å². The average molecular weight is 409 g/mol. The zero-order valence-corrected chi connectivity index (χ0v) is 17.7. The molecule has 0 bridgehead atoms. The van der Waals surface area contributed by atoms with Gasteiger partial charge in [-0.15, -0.1) is 11.3 Å². The van der Waals surface area contributed by atoms with Gasteiger partial charge in [-0.25, -0.2) is 0 Å². The quantitative estimate of drug-likeness (QED) is 0.751. The maximum Gasteiger partial charge on any atom is 0.283 e. The molecule has 0 unspecified atom stereocenters. The van der Waals surface area contributed by atoms with Crippen LogP contribution in [0.4, 0.5) is 0 Å². The number of methoxy groups -OCH3 is 1. The molecule has 0 saturated carbocycles. The maximum atomic E-state index is 12.9. The van der Waals surface area contributed by atoms with Crippen LogP contribution < -0.4 is 9.54 Å². The molecule has 5 nitrogen and oxygen atoms in total. The number of aromatic nitrogens is 1. The number of hydrogen-bond donors (Lipinski definition) is 0. The molecule has 1 atom stereocenters. The molecule has 1 aromatic carbocycles. The Hall–Kier alpha value is -1.63. The molecule has 146 valence electrons. The van der Waals surface area contributed by atoms with Gasteiger partial charge in [-0.3, -0.25) is 4.79 Å². The first kappa shape index (κ1) is 20.1. The van der Waals surface area contributed by atoms with Crippen molar-refractivity contribution in [2.24, 2.45) is 4.99 Å². The lowest BCUT2D eigenvalue weighted by Crippen LogP contribution is -2.23. The minimum Gasteiger partial charge on any atom is -0.496 e. The summed E-state index contributed by atoms with van der Waals surface area (Å²) in [4.78, 5) is 19.1. The molecule has 0 aliphatic carbocycles. The van der Waals surface area contributed by atoms with E-state index in [1.54, 1.807) is 18.2 Å². The van der Waals surface area contributed by atoms with Crippen molar-refractivity contribution < 1.29 is 14.3 Å². The van der Waals surface area contributed by atoms with Crippen LogP contribution in [0.3, 0.4) is 0 Å². The Bertz CT molecular complexity index is 889. The van der Waals surface area contributed by atoms with Crippen LogP contribution >= 0.6 is 22.9 Å². The van der Waals surface area contributed by atoms with Crippen molar-refractivity contribution >= 4 is 28.8 Å². The van der Waals surface area contributed by atoms with Crippen molar-refractivity contribution in [1.82, 2.24) is 4.57 Å². The summed E-state index contributed by atoms with van der Waals surface area (Å²) < 4.78 is 13.1. The highest BCUT2D eigenvalue weighted by atomic mass is 35.5. The van der Waals surface area contributed by atoms with E-state index in [2.05, 4.69) is 32.0 Å². The summed E-state index contributed by atoms with van der Waals surface area (Å²) in [5.74, 6) is 0.101. The molecule has 1 aliphatic rings.